The molecule has 104 valence electrons. The number of phosphoric acid groups is 1. The lowest BCUT2D eigenvalue weighted by Crippen LogP contribution is -1.98. The molecule has 19 heavy (non-hydrogen) atoms. The highest BCUT2D eigenvalue weighted by Crippen LogP contribution is 2.50. The summed E-state index contributed by atoms with van der Waals surface area (Å²) in [6.45, 7) is 1.89. The summed E-state index contributed by atoms with van der Waals surface area (Å²) in [7, 11) is -0.933. The average molecular weight is 282 g/mol. The smallest absolute Gasteiger partial charge is 0.408 e. The van der Waals surface area contributed by atoms with Crippen LogP contribution in [0.3, 0.4) is 0 Å². The zero-order chi connectivity index (χ0) is 14.1. The van der Waals surface area contributed by atoms with E-state index in [1.54, 1.807) is 6.08 Å². The first-order chi connectivity index (χ1) is 9.13. The summed E-state index contributed by atoms with van der Waals surface area (Å²) in [5, 5.41) is 0. The van der Waals surface area contributed by atoms with Crippen LogP contribution < -0.4 is 0 Å². The molecule has 0 spiro atoms. The van der Waals surface area contributed by atoms with E-state index in [1.807, 2.05) is 49.4 Å². The molecular weight excluding hydrogens is 263 g/mol. The maximum Gasteiger partial charge on any atom is 0.529 e. The average Bonchev–Trinajstić information content (AvgIpc) is 2.45. The Morgan fingerprint density at radius 1 is 1.21 bits per heavy atom. The van der Waals surface area contributed by atoms with Gasteiger partial charge < -0.3 is 4.52 Å². The zero-order valence-electron chi connectivity index (χ0n) is 11.4. The maximum atomic E-state index is 12.0. The van der Waals surface area contributed by atoms with E-state index in [0.29, 0.717) is 12.2 Å². The lowest BCUT2D eigenvalue weighted by atomic mass is 10.1. The fourth-order valence-corrected chi connectivity index (χ4v) is 2.13. The molecule has 0 radical (unpaired) electrons. The van der Waals surface area contributed by atoms with Gasteiger partial charge in [-0.25, -0.2) is 4.57 Å². The van der Waals surface area contributed by atoms with Gasteiger partial charge in [0, 0.05) is 20.6 Å². The van der Waals surface area contributed by atoms with Crippen LogP contribution in [0.5, 0.6) is 0 Å². The Bertz CT molecular complexity index is 471. The monoisotopic (exact) mass is 282 g/mol. The quantitative estimate of drug-likeness (QED) is 0.429. The minimum absolute atomic E-state index is 0.516. The van der Waals surface area contributed by atoms with Crippen molar-refractivity contribution in [1.29, 1.82) is 0 Å². The van der Waals surface area contributed by atoms with Gasteiger partial charge >= 0.3 is 7.82 Å². The first kappa shape index (κ1) is 15.7. The molecule has 0 aliphatic rings. The summed E-state index contributed by atoms with van der Waals surface area (Å²) in [5.41, 5.74) is 1.05. The second-order valence-corrected chi connectivity index (χ2v) is 5.53. The predicted molar refractivity (Wildman–Crippen MR) is 75.8 cm³/mol. The maximum absolute atomic E-state index is 12.0. The van der Waals surface area contributed by atoms with Crippen molar-refractivity contribution in [2.75, 3.05) is 14.2 Å². The molecule has 0 heterocycles. The fraction of sp³-hybridized carbons (Fsp3) is 0.286. The van der Waals surface area contributed by atoms with Crippen molar-refractivity contribution in [3.63, 3.8) is 0 Å². The Kier molecular flexibility index (Phi) is 6.57. The Hall–Kier alpha value is -1.35. The van der Waals surface area contributed by atoms with Crippen LogP contribution in [0.1, 0.15) is 12.5 Å². The molecule has 0 saturated carbocycles. The molecule has 0 atom stereocenters. The molecule has 5 heteroatoms. The van der Waals surface area contributed by atoms with Crippen LogP contribution >= 0.6 is 7.82 Å². The highest BCUT2D eigenvalue weighted by molar-refractivity contribution is 7.48. The Labute approximate surface area is 114 Å². The van der Waals surface area contributed by atoms with Crippen LogP contribution in [0.2, 0.25) is 0 Å². The van der Waals surface area contributed by atoms with Crippen molar-refractivity contribution < 1.29 is 18.1 Å². The van der Waals surface area contributed by atoms with Gasteiger partial charge in [-0.15, -0.1) is 0 Å². The highest BCUT2D eigenvalue weighted by atomic mass is 31.2. The van der Waals surface area contributed by atoms with Gasteiger partial charge in [0.25, 0.3) is 0 Å². The number of hydrogen-bond acceptors (Lipinski definition) is 4. The molecule has 1 rings (SSSR count). The third-order valence-electron chi connectivity index (χ3n) is 2.37. The fourth-order valence-electron chi connectivity index (χ4n) is 1.41. The Morgan fingerprint density at radius 3 is 2.37 bits per heavy atom. The molecule has 1 aromatic carbocycles. The topological polar surface area (TPSA) is 44.8 Å². The van der Waals surface area contributed by atoms with E-state index in [0.717, 1.165) is 5.56 Å². The molecule has 0 aliphatic heterocycles. The summed E-state index contributed by atoms with van der Waals surface area (Å²) in [4.78, 5) is 0. The molecule has 0 N–H and O–H groups in total. The van der Waals surface area contributed by atoms with Gasteiger partial charge in [0.15, 0.2) is 0 Å². The first-order valence-corrected chi connectivity index (χ1v) is 7.36. The van der Waals surface area contributed by atoms with Crippen molar-refractivity contribution in [2.45, 2.75) is 13.3 Å². The second-order valence-electron chi connectivity index (χ2n) is 3.72. The van der Waals surface area contributed by atoms with Crippen molar-refractivity contribution in [3.8, 4) is 0 Å². The van der Waals surface area contributed by atoms with Crippen molar-refractivity contribution in [3.05, 3.63) is 59.9 Å². The normalized spacial score (nSPS) is 12.9. The molecule has 0 unspecified atom stereocenters. The number of allylic oxidation sites excluding steroid dienone is 4. The molecule has 0 aromatic heterocycles. The SMILES string of the molecule is CC=CC=C(Cc1ccccc1)OP(=O)(OC)OC. The van der Waals surface area contributed by atoms with Crippen LogP contribution in [0.25, 0.3) is 0 Å². The lowest BCUT2D eigenvalue weighted by Gasteiger charge is -2.16. The van der Waals surface area contributed by atoms with Crippen LogP contribution in [0, 0.1) is 0 Å². The molecule has 0 amide bonds. The highest BCUT2D eigenvalue weighted by Gasteiger charge is 2.25. The minimum atomic E-state index is -3.52. The number of benzene rings is 1. The molecular formula is C14H19O4P. The molecule has 0 fully saturated rings. The molecule has 1 aromatic rings. The Morgan fingerprint density at radius 2 is 1.84 bits per heavy atom. The van der Waals surface area contributed by atoms with Gasteiger partial charge in [0.05, 0.1) is 0 Å². The lowest BCUT2D eigenvalue weighted by molar-refractivity contribution is 0.181. The van der Waals surface area contributed by atoms with Gasteiger partial charge in [0.2, 0.25) is 0 Å². The third kappa shape index (κ3) is 5.43. The Balaban J connectivity index is 2.88. The van der Waals surface area contributed by atoms with Crippen LogP contribution in [0.15, 0.2) is 54.3 Å². The van der Waals surface area contributed by atoms with Crippen molar-refractivity contribution >= 4 is 7.82 Å². The van der Waals surface area contributed by atoms with Gasteiger partial charge in [-0.2, -0.15) is 0 Å². The number of rotatable bonds is 7. The third-order valence-corrected chi connectivity index (χ3v) is 3.72. The van der Waals surface area contributed by atoms with Crippen molar-refractivity contribution in [1.82, 2.24) is 0 Å². The number of phosphoric ester groups is 1. The second kappa shape index (κ2) is 7.95. The molecule has 0 bridgehead atoms. The summed E-state index contributed by atoms with van der Waals surface area (Å²) >= 11 is 0. The molecule has 0 aliphatic carbocycles. The van der Waals surface area contributed by atoms with Gasteiger partial charge in [-0.1, -0.05) is 42.5 Å². The number of hydrogen-bond donors (Lipinski definition) is 0. The van der Waals surface area contributed by atoms with Gasteiger partial charge in [-0.3, -0.25) is 9.05 Å². The summed E-state index contributed by atoms with van der Waals surface area (Å²) in [6.07, 6.45) is 5.94. The summed E-state index contributed by atoms with van der Waals surface area (Å²) < 4.78 is 26.9. The standard InChI is InChI=1S/C14H19O4P/c1-4-5-11-14(18-19(15,16-2)17-3)12-13-9-7-6-8-10-13/h4-11H,12H2,1-3H3. The van der Waals surface area contributed by atoms with E-state index in [-0.39, 0.29) is 0 Å². The van der Waals surface area contributed by atoms with E-state index in [4.69, 9.17) is 13.6 Å². The van der Waals surface area contributed by atoms with Crippen molar-refractivity contribution in [2.24, 2.45) is 0 Å². The minimum Gasteiger partial charge on any atom is -0.408 e. The van der Waals surface area contributed by atoms with Crippen LogP contribution in [-0.2, 0) is 24.6 Å². The largest absolute Gasteiger partial charge is 0.529 e. The van der Waals surface area contributed by atoms with E-state index in [9.17, 15) is 4.57 Å². The molecule has 0 saturated heterocycles. The summed E-state index contributed by atoms with van der Waals surface area (Å²) in [5.74, 6) is 0.524. The van der Waals surface area contributed by atoms with E-state index >= 15 is 0 Å². The van der Waals surface area contributed by atoms with E-state index in [2.05, 4.69) is 0 Å². The van der Waals surface area contributed by atoms with E-state index < -0.39 is 7.82 Å². The van der Waals surface area contributed by atoms with Crippen LogP contribution in [0.4, 0.5) is 0 Å². The zero-order valence-corrected chi connectivity index (χ0v) is 12.3. The first-order valence-electron chi connectivity index (χ1n) is 5.90. The predicted octanol–water partition coefficient (Wildman–Crippen LogP) is 4.11. The van der Waals surface area contributed by atoms with Gasteiger partial charge in [0.1, 0.15) is 5.76 Å². The van der Waals surface area contributed by atoms with E-state index in [1.165, 1.54) is 14.2 Å². The van der Waals surface area contributed by atoms with Gasteiger partial charge in [-0.05, 0) is 18.6 Å². The molecule has 4 nitrogen and oxygen atoms in total. The van der Waals surface area contributed by atoms with Crippen LogP contribution in [-0.4, -0.2) is 14.2 Å². The summed E-state index contributed by atoms with van der Waals surface area (Å²) in [6, 6.07) is 9.76.